The fraction of sp³-hybridized carbons (Fsp3) is 0.308. The zero-order valence-corrected chi connectivity index (χ0v) is 9.48. The average molecular weight is 230 g/mol. The Labute approximate surface area is 98.8 Å². The fourth-order valence-electron chi connectivity index (χ4n) is 2.27. The third-order valence-electron chi connectivity index (χ3n) is 3.19. The minimum absolute atomic E-state index is 0.224. The van der Waals surface area contributed by atoms with E-state index >= 15 is 0 Å². The molecule has 2 aromatic rings. The second-order valence-corrected chi connectivity index (χ2v) is 4.39. The van der Waals surface area contributed by atoms with Gasteiger partial charge in [0.25, 0.3) is 0 Å². The normalized spacial score (nSPS) is 15.8. The Morgan fingerprint density at radius 3 is 2.94 bits per heavy atom. The van der Waals surface area contributed by atoms with Crippen LogP contribution in [0.15, 0.2) is 39.6 Å². The predicted molar refractivity (Wildman–Crippen MR) is 63.6 cm³/mol. The van der Waals surface area contributed by atoms with Gasteiger partial charge in [-0.2, -0.15) is 0 Å². The summed E-state index contributed by atoms with van der Waals surface area (Å²) < 4.78 is 4.81. The van der Waals surface area contributed by atoms with Crippen molar-refractivity contribution in [3.05, 3.63) is 57.6 Å². The van der Waals surface area contributed by atoms with Gasteiger partial charge in [-0.1, -0.05) is 30.3 Å². The van der Waals surface area contributed by atoms with Crippen molar-refractivity contribution >= 4 is 0 Å². The molecule has 0 unspecified atom stereocenters. The number of hydrogen-bond acceptors (Lipinski definition) is 3. The van der Waals surface area contributed by atoms with E-state index in [-0.39, 0.29) is 5.63 Å². The van der Waals surface area contributed by atoms with Gasteiger partial charge in [0.1, 0.15) is 0 Å². The summed E-state index contributed by atoms with van der Waals surface area (Å²) in [5.74, 6) is 0. The Hall–Kier alpha value is -1.81. The van der Waals surface area contributed by atoms with E-state index in [0.717, 1.165) is 30.8 Å². The molecule has 1 N–H and O–H groups in total. The summed E-state index contributed by atoms with van der Waals surface area (Å²) in [6.45, 7) is 2.51. The van der Waals surface area contributed by atoms with Crippen LogP contribution in [0.3, 0.4) is 0 Å². The van der Waals surface area contributed by atoms with Crippen molar-refractivity contribution < 1.29 is 4.52 Å². The van der Waals surface area contributed by atoms with E-state index in [1.54, 1.807) is 0 Å². The maximum Gasteiger partial charge on any atom is 0.361 e. The van der Waals surface area contributed by atoms with Crippen molar-refractivity contribution in [2.24, 2.45) is 0 Å². The van der Waals surface area contributed by atoms with Crippen LogP contribution in [0.4, 0.5) is 0 Å². The highest BCUT2D eigenvalue weighted by Crippen LogP contribution is 2.16. The molecule has 0 atom stereocenters. The van der Waals surface area contributed by atoms with Crippen molar-refractivity contribution in [1.29, 1.82) is 0 Å². The van der Waals surface area contributed by atoms with Crippen LogP contribution >= 0.6 is 0 Å². The predicted octanol–water partition coefficient (Wildman–Crippen LogP) is 1.53. The number of benzene rings is 1. The van der Waals surface area contributed by atoms with E-state index in [1.165, 1.54) is 5.56 Å². The molecule has 2 heterocycles. The number of aromatic nitrogens is 1. The third-order valence-corrected chi connectivity index (χ3v) is 3.19. The summed E-state index contributed by atoms with van der Waals surface area (Å²) in [5, 5.41) is 2.70. The molecule has 1 aromatic carbocycles. The molecule has 88 valence electrons. The maximum absolute atomic E-state index is 11.4. The summed E-state index contributed by atoms with van der Waals surface area (Å²) in [6.07, 6.45) is 0.855. The molecule has 1 aromatic heterocycles. The second-order valence-electron chi connectivity index (χ2n) is 4.39. The van der Waals surface area contributed by atoms with Crippen molar-refractivity contribution in [1.82, 2.24) is 10.1 Å². The zero-order valence-electron chi connectivity index (χ0n) is 9.48. The molecule has 1 aliphatic heterocycles. The summed E-state index contributed by atoms with van der Waals surface area (Å²) >= 11 is 0. The molecule has 0 amide bonds. The van der Waals surface area contributed by atoms with Gasteiger partial charge in [0, 0.05) is 26.1 Å². The van der Waals surface area contributed by atoms with Crippen LogP contribution in [0.2, 0.25) is 0 Å². The van der Waals surface area contributed by atoms with Gasteiger partial charge in [0.15, 0.2) is 0 Å². The first-order valence-electron chi connectivity index (χ1n) is 5.78. The molecule has 3 rings (SSSR count). The molecule has 4 nitrogen and oxygen atoms in total. The summed E-state index contributed by atoms with van der Waals surface area (Å²) in [4.78, 5) is 13.7. The molecular weight excluding hydrogens is 216 g/mol. The molecule has 0 spiro atoms. The highest BCUT2D eigenvalue weighted by atomic mass is 16.5. The Kier molecular flexibility index (Phi) is 2.57. The van der Waals surface area contributed by atoms with Crippen LogP contribution in [-0.4, -0.2) is 16.6 Å². The van der Waals surface area contributed by atoms with Gasteiger partial charge in [-0.25, -0.2) is 9.95 Å². The molecule has 1 aliphatic rings. The Balaban J connectivity index is 1.76. The van der Waals surface area contributed by atoms with Crippen LogP contribution in [-0.2, 0) is 19.5 Å². The smallest absolute Gasteiger partial charge is 0.339 e. The fourth-order valence-corrected chi connectivity index (χ4v) is 2.27. The van der Waals surface area contributed by atoms with Crippen LogP contribution in [0.5, 0.6) is 0 Å². The molecule has 0 saturated heterocycles. The minimum atomic E-state index is -0.224. The number of aromatic amines is 1. The third kappa shape index (κ3) is 2.03. The summed E-state index contributed by atoms with van der Waals surface area (Å²) in [7, 11) is 0. The van der Waals surface area contributed by atoms with Gasteiger partial charge < -0.3 is 4.52 Å². The monoisotopic (exact) mass is 230 g/mol. The van der Waals surface area contributed by atoms with E-state index in [1.807, 2.05) is 18.2 Å². The van der Waals surface area contributed by atoms with Crippen molar-refractivity contribution in [3.8, 4) is 0 Å². The lowest BCUT2D eigenvalue weighted by Gasteiger charge is -2.25. The first-order chi connectivity index (χ1) is 8.33. The highest BCUT2D eigenvalue weighted by Gasteiger charge is 2.21. The highest BCUT2D eigenvalue weighted by molar-refractivity contribution is 5.19. The number of nitrogens with one attached hydrogen (secondary N) is 1. The molecule has 0 aliphatic carbocycles. The molecule has 17 heavy (non-hydrogen) atoms. The number of rotatable bonds is 2. The standard InChI is InChI=1S/C13H14N2O2/c16-13-11-9-15(7-6-12(11)14-17-13)8-10-4-2-1-3-5-10/h1-5,14H,6-9H2. The van der Waals surface area contributed by atoms with Crippen LogP contribution < -0.4 is 5.63 Å². The number of hydrogen-bond donors (Lipinski definition) is 1. The van der Waals surface area contributed by atoms with Gasteiger partial charge >= 0.3 is 5.63 Å². The van der Waals surface area contributed by atoms with E-state index in [4.69, 9.17) is 4.52 Å². The lowest BCUT2D eigenvalue weighted by Crippen LogP contribution is -2.31. The molecule has 0 saturated carbocycles. The summed E-state index contributed by atoms with van der Waals surface area (Å²) in [5.41, 5.74) is 2.79. The van der Waals surface area contributed by atoms with Gasteiger partial charge in [-0.05, 0) is 5.56 Å². The number of nitrogens with zero attached hydrogens (tertiary/aromatic N) is 1. The van der Waals surface area contributed by atoms with Crippen LogP contribution in [0.1, 0.15) is 16.8 Å². The van der Waals surface area contributed by atoms with E-state index in [0.29, 0.717) is 6.54 Å². The maximum atomic E-state index is 11.4. The lowest BCUT2D eigenvalue weighted by molar-refractivity contribution is 0.244. The topological polar surface area (TPSA) is 49.2 Å². The van der Waals surface area contributed by atoms with Crippen LogP contribution in [0, 0.1) is 0 Å². The molecule has 0 fully saturated rings. The zero-order chi connectivity index (χ0) is 11.7. The molecular formula is C13H14N2O2. The molecule has 0 radical (unpaired) electrons. The quantitative estimate of drug-likeness (QED) is 0.851. The van der Waals surface area contributed by atoms with E-state index < -0.39 is 0 Å². The van der Waals surface area contributed by atoms with Crippen molar-refractivity contribution in [2.75, 3.05) is 6.54 Å². The van der Waals surface area contributed by atoms with Gasteiger partial charge in [-0.3, -0.25) is 4.90 Å². The first kappa shape index (κ1) is 10.4. The Morgan fingerprint density at radius 2 is 2.12 bits per heavy atom. The lowest BCUT2D eigenvalue weighted by atomic mass is 10.1. The minimum Gasteiger partial charge on any atom is -0.339 e. The van der Waals surface area contributed by atoms with E-state index in [9.17, 15) is 4.79 Å². The van der Waals surface area contributed by atoms with Gasteiger partial charge in [0.2, 0.25) is 0 Å². The van der Waals surface area contributed by atoms with Crippen molar-refractivity contribution in [3.63, 3.8) is 0 Å². The molecule has 0 bridgehead atoms. The number of fused-ring (bicyclic) bond motifs is 1. The molecule has 4 heteroatoms. The van der Waals surface area contributed by atoms with Gasteiger partial charge in [-0.15, -0.1) is 0 Å². The second kappa shape index (κ2) is 4.22. The average Bonchev–Trinajstić information content (AvgIpc) is 2.73. The SMILES string of the molecule is O=c1o[nH]c2c1CN(Cc1ccccc1)CC2. The number of H-pyrrole nitrogens is 1. The van der Waals surface area contributed by atoms with Gasteiger partial charge in [0.05, 0.1) is 11.3 Å². The first-order valence-corrected chi connectivity index (χ1v) is 5.78. The Bertz CT molecular complexity index is 556. The van der Waals surface area contributed by atoms with Crippen LogP contribution in [0.25, 0.3) is 0 Å². The Morgan fingerprint density at radius 1 is 1.29 bits per heavy atom. The van der Waals surface area contributed by atoms with Crippen molar-refractivity contribution in [2.45, 2.75) is 19.5 Å². The summed E-state index contributed by atoms with van der Waals surface area (Å²) in [6, 6.07) is 10.3. The van der Waals surface area contributed by atoms with E-state index in [2.05, 4.69) is 22.2 Å². The largest absolute Gasteiger partial charge is 0.361 e.